The van der Waals surface area contributed by atoms with Crippen LogP contribution in [0.3, 0.4) is 0 Å². The Morgan fingerprint density at radius 1 is 1.40 bits per heavy atom. The van der Waals surface area contributed by atoms with Crippen LogP contribution in [0.1, 0.15) is 6.92 Å². The fourth-order valence-corrected chi connectivity index (χ4v) is 2.01. The molecule has 0 aliphatic heterocycles. The maximum Gasteiger partial charge on any atom is 0.135 e. The normalized spacial score (nSPS) is 10.3. The summed E-state index contributed by atoms with van der Waals surface area (Å²) in [5, 5.41) is 2.94. The quantitative estimate of drug-likeness (QED) is 0.767. The van der Waals surface area contributed by atoms with Crippen LogP contribution in [-0.4, -0.2) is 6.61 Å². The van der Waals surface area contributed by atoms with E-state index in [0.29, 0.717) is 17.9 Å². The van der Waals surface area contributed by atoms with Gasteiger partial charge in [0.15, 0.2) is 0 Å². The lowest BCUT2D eigenvalue weighted by molar-refractivity contribution is 0.338. The van der Waals surface area contributed by atoms with E-state index in [1.807, 2.05) is 13.0 Å². The highest BCUT2D eigenvalue weighted by Crippen LogP contribution is 2.29. The minimum absolute atomic E-state index is 0.253. The Hall–Kier alpha value is -1.35. The number of thiophene rings is 1. The third-order valence-electron chi connectivity index (χ3n) is 1.99. The Bertz CT molecular complexity index is 437. The average Bonchev–Trinajstić information content (AvgIpc) is 2.71. The number of benzene rings is 1. The zero-order valence-electron chi connectivity index (χ0n) is 8.29. The smallest absolute Gasteiger partial charge is 0.135 e. The molecule has 0 aliphatic rings. The van der Waals surface area contributed by atoms with Crippen molar-refractivity contribution in [3.63, 3.8) is 0 Å². The molecule has 0 spiro atoms. The van der Waals surface area contributed by atoms with Crippen molar-refractivity contribution >= 4 is 11.3 Å². The molecule has 0 N–H and O–H groups in total. The van der Waals surface area contributed by atoms with Gasteiger partial charge in [-0.05, 0) is 31.2 Å². The Labute approximate surface area is 92.1 Å². The first-order valence-corrected chi connectivity index (χ1v) is 5.51. The van der Waals surface area contributed by atoms with Gasteiger partial charge in [0.25, 0.3) is 0 Å². The van der Waals surface area contributed by atoms with Gasteiger partial charge in [-0.2, -0.15) is 0 Å². The zero-order chi connectivity index (χ0) is 10.7. The highest BCUT2D eigenvalue weighted by Gasteiger charge is 2.07. The van der Waals surface area contributed by atoms with Crippen LogP contribution in [0.4, 0.5) is 4.39 Å². The molecule has 0 bridgehead atoms. The number of rotatable bonds is 3. The second kappa shape index (κ2) is 4.45. The van der Waals surface area contributed by atoms with E-state index in [4.69, 9.17) is 4.74 Å². The van der Waals surface area contributed by atoms with Crippen LogP contribution < -0.4 is 4.74 Å². The van der Waals surface area contributed by atoms with Gasteiger partial charge in [-0.25, -0.2) is 4.39 Å². The molecule has 1 aromatic heterocycles. The van der Waals surface area contributed by atoms with Crippen LogP contribution in [0.2, 0.25) is 0 Å². The third kappa shape index (κ3) is 2.18. The molecule has 77 valence electrons. The molecule has 2 aromatic rings. The summed E-state index contributed by atoms with van der Waals surface area (Å²) in [4.78, 5) is 0.885. The molecule has 0 aliphatic carbocycles. The largest absolute Gasteiger partial charge is 0.494 e. The fraction of sp³-hybridized carbons (Fsp3) is 0.167. The highest BCUT2D eigenvalue weighted by molar-refractivity contribution is 7.13. The van der Waals surface area contributed by atoms with Crippen molar-refractivity contribution in [2.45, 2.75) is 6.92 Å². The van der Waals surface area contributed by atoms with Crippen molar-refractivity contribution in [3.05, 3.63) is 41.5 Å². The van der Waals surface area contributed by atoms with Crippen molar-refractivity contribution in [3.8, 4) is 16.2 Å². The molecule has 0 amide bonds. The first kappa shape index (κ1) is 10.2. The monoisotopic (exact) mass is 221 g/mol. The third-order valence-corrected chi connectivity index (χ3v) is 2.82. The average molecular weight is 221 g/mol. The number of halogens is 1. The Morgan fingerprint density at radius 3 is 2.87 bits per heavy atom. The maximum absolute atomic E-state index is 13.6. The summed E-state index contributed by atoms with van der Waals surface area (Å²) >= 11 is 1.40. The second-order valence-electron chi connectivity index (χ2n) is 2.99. The topological polar surface area (TPSA) is 9.23 Å². The Kier molecular flexibility index (Phi) is 3.02. The fourth-order valence-electron chi connectivity index (χ4n) is 1.34. The number of hydrogen-bond acceptors (Lipinski definition) is 2. The lowest BCUT2D eigenvalue weighted by Crippen LogP contribution is -1.92. The summed E-state index contributed by atoms with van der Waals surface area (Å²) in [6.45, 7) is 2.42. The predicted octanol–water partition coefficient (Wildman–Crippen LogP) is 3.75. The molecule has 1 heterocycles. The van der Waals surface area contributed by atoms with Gasteiger partial charge in [-0.15, -0.1) is 11.3 Å². The standard InChI is InChI=1S/C12H10FOS/c1-2-14-9-5-6-10(11(13)8-9)12-4-3-7-15-12/h3-6,8H,2H2,1H3. The molecule has 15 heavy (non-hydrogen) atoms. The van der Waals surface area contributed by atoms with Crippen LogP contribution >= 0.6 is 11.3 Å². The molecule has 0 atom stereocenters. The Morgan fingerprint density at radius 2 is 2.27 bits per heavy atom. The van der Waals surface area contributed by atoms with Crippen molar-refractivity contribution in [1.82, 2.24) is 0 Å². The van der Waals surface area contributed by atoms with Gasteiger partial charge in [-0.1, -0.05) is 0 Å². The summed E-state index contributed by atoms with van der Waals surface area (Å²) in [7, 11) is 0. The molecular formula is C12H10FOS. The van der Waals surface area contributed by atoms with E-state index in [2.05, 4.69) is 5.38 Å². The van der Waals surface area contributed by atoms with Crippen LogP contribution in [0.5, 0.6) is 5.75 Å². The number of hydrogen-bond donors (Lipinski definition) is 0. The second-order valence-corrected chi connectivity index (χ2v) is 3.87. The lowest BCUT2D eigenvalue weighted by atomic mass is 10.1. The van der Waals surface area contributed by atoms with Crippen molar-refractivity contribution in [2.75, 3.05) is 6.61 Å². The zero-order valence-corrected chi connectivity index (χ0v) is 9.10. The molecule has 1 aromatic carbocycles. The summed E-state index contributed by atoms with van der Waals surface area (Å²) in [5.41, 5.74) is 0.602. The van der Waals surface area contributed by atoms with E-state index in [-0.39, 0.29) is 5.82 Å². The van der Waals surface area contributed by atoms with E-state index in [9.17, 15) is 4.39 Å². The van der Waals surface area contributed by atoms with Crippen LogP contribution in [-0.2, 0) is 0 Å². The summed E-state index contributed by atoms with van der Waals surface area (Å²) in [6, 6.07) is 8.57. The molecule has 0 saturated heterocycles. The molecule has 0 saturated carbocycles. The maximum atomic E-state index is 13.6. The van der Waals surface area contributed by atoms with E-state index in [0.717, 1.165) is 4.88 Å². The van der Waals surface area contributed by atoms with Gasteiger partial charge >= 0.3 is 0 Å². The molecule has 1 nitrogen and oxygen atoms in total. The molecule has 2 rings (SSSR count). The van der Waals surface area contributed by atoms with Gasteiger partial charge in [0.2, 0.25) is 0 Å². The van der Waals surface area contributed by atoms with Gasteiger partial charge in [0.05, 0.1) is 6.61 Å². The summed E-state index contributed by atoms with van der Waals surface area (Å²) < 4.78 is 18.9. The van der Waals surface area contributed by atoms with Gasteiger partial charge < -0.3 is 4.74 Å². The molecule has 3 heteroatoms. The van der Waals surface area contributed by atoms with Crippen molar-refractivity contribution in [1.29, 1.82) is 0 Å². The minimum Gasteiger partial charge on any atom is -0.494 e. The Balaban J connectivity index is 2.35. The molecule has 1 radical (unpaired) electrons. The molecule has 0 unspecified atom stereocenters. The van der Waals surface area contributed by atoms with Gasteiger partial charge in [-0.3, -0.25) is 0 Å². The highest BCUT2D eigenvalue weighted by atomic mass is 32.1. The summed E-state index contributed by atoms with van der Waals surface area (Å²) in [6.07, 6.45) is 0. The van der Waals surface area contributed by atoms with Crippen LogP contribution in [0, 0.1) is 11.2 Å². The van der Waals surface area contributed by atoms with E-state index in [1.54, 1.807) is 18.2 Å². The van der Waals surface area contributed by atoms with Gasteiger partial charge in [0.1, 0.15) is 11.6 Å². The van der Waals surface area contributed by atoms with Crippen molar-refractivity contribution < 1.29 is 9.13 Å². The predicted molar refractivity (Wildman–Crippen MR) is 59.7 cm³/mol. The molecular weight excluding hydrogens is 211 g/mol. The van der Waals surface area contributed by atoms with Crippen LogP contribution in [0.25, 0.3) is 10.4 Å². The van der Waals surface area contributed by atoms with E-state index in [1.165, 1.54) is 17.4 Å². The first-order valence-electron chi connectivity index (χ1n) is 4.70. The minimum atomic E-state index is -0.253. The molecule has 0 fully saturated rings. The summed E-state index contributed by atoms with van der Waals surface area (Å²) in [5.74, 6) is 0.316. The van der Waals surface area contributed by atoms with E-state index >= 15 is 0 Å². The van der Waals surface area contributed by atoms with Crippen molar-refractivity contribution in [2.24, 2.45) is 0 Å². The van der Waals surface area contributed by atoms with Gasteiger partial charge in [0, 0.05) is 21.9 Å². The first-order chi connectivity index (χ1) is 7.31. The lowest BCUT2D eigenvalue weighted by Gasteiger charge is -2.05. The number of ether oxygens (including phenoxy) is 1. The SMILES string of the molecule is CCOc1ccc(-c2cc[c]s2)c(F)c1. The van der Waals surface area contributed by atoms with E-state index < -0.39 is 0 Å². The van der Waals surface area contributed by atoms with Crippen LogP contribution in [0.15, 0.2) is 30.3 Å².